The van der Waals surface area contributed by atoms with Crippen molar-refractivity contribution < 1.29 is 13.9 Å². The van der Waals surface area contributed by atoms with Gasteiger partial charge in [0.05, 0.1) is 12.7 Å². The summed E-state index contributed by atoms with van der Waals surface area (Å²) in [6.07, 6.45) is 0. The van der Waals surface area contributed by atoms with Crippen LogP contribution < -0.4 is 0 Å². The zero-order chi connectivity index (χ0) is 9.14. The molecule has 0 amide bonds. The second kappa shape index (κ2) is 3.26. The maximum Gasteiger partial charge on any atom is 0.341 e. The summed E-state index contributed by atoms with van der Waals surface area (Å²) < 4.78 is 9.65. The first-order valence-corrected chi connectivity index (χ1v) is 3.49. The van der Waals surface area contributed by atoms with E-state index in [-0.39, 0.29) is 5.57 Å². The number of hydrogen-bond acceptors (Lipinski definition) is 3. The van der Waals surface area contributed by atoms with E-state index in [1.54, 1.807) is 19.1 Å². The fourth-order valence-electron chi connectivity index (χ4n) is 0.821. The maximum atomic E-state index is 10.9. The van der Waals surface area contributed by atoms with Crippen LogP contribution in [0.15, 0.2) is 23.1 Å². The SMILES string of the molecule is C=C(C(=O)OC)c1ccc(C)o1. The van der Waals surface area contributed by atoms with Crippen molar-refractivity contribution in [2.24, 2.45) is 0 Å². The van der Waals surface area contributed by atoms with Crippen LogP contribution >= 0.6 is 0 Å². The van der Waals surface area contributed by atoms with E-state index in [4.69, 9.17) is 4.42 Å². The molecule has 0 aliphatic heterocycles. The minimum Gasteiger partial charge on any atom is -0.465 e. The van der Waals surface area contributed by atoms with E-state index >= 15 is 0 Å². The van der Waals surface area contributed by atoms with Gasteiger partial charge in [-0.15, -0.1) is 0 Å². The second-order valence-corrected chi connectivity index (χ2v) is 2.38. The summed E-state index contributed by atoms with van der Waals surface area (Å²) in [6, 6.07) is 3.46. The van der Waals surface area contributed by atoms with E-state index in [9.17, 15) is 4.79 Å². The van der Waals surface area contributed by atoms with Gasteiger partial charge < -0.3 is 9.15 Å². The van der Waals surface area contributed by atoms with Crippen LogP contribution in [0.1, 0.15) is 11.5 Å². The van der Waals surface area contributed by atoms with Crippen molar-refractivity contribution in [1.29, 1.82) is 0 Å². The molecule has 0 fully saturated rings. The number of carbonyl (C=O) groups excluding carboxylic acids is 1. The first-order chi connectivity index (χ1) is 5.65. The summed E-state index contributed by atoms with van der Waals surface area (Å²) in [4.78, 5) is 10.9. The third-order valence-corrected chi connectivity index (χ3v) is 1.47. The summed E-state index contributed by atoms with van der Waals surface area (Å²) in [5.41, 5.74) is 0.241. The van der Waals surface area contributed by atoms with Crippen LogP contribution in [0.4, 0.5) is 0 Å². The fourth-order valence-corrected chi connectivity index (χ4v) is 0.821. The van der Waals surface area contributed by atoms with Crippen molar-refractivity contribution in [2.45, 2.75) is 6.92 Å². The quantitative estimate of drug-likeness (QED) is 0.496. The molecule has 1 rings (SSSR count). The van der Waals surface area contributed by atoms with Gasteiger partial charge in [0, 0.05) is 0 Å². The number of hydrogen-bond donors (Lipinski definition) is 0. The van der Waals surface area contributed by atoms with Gasteiger partial charge in [-0.2, -0.15) is 0 Å². The second-order valence-electron chi connectivity index (χ2n) is 2.38. The monoisotopic (exact) mass is 166 g/mol. The minimum absolute atomic E-state index is 0.241. The predicted octanol–water partition coefficient (Wildman–Crippen LogP) is 1.77. The molecule has 0 atom stereocenters. The predicted molar refractivity (Wildman–Crippen MR) is 44.5 cm³/mol. The van der Waals surface area contributed by atoms with Crippen LogP contribution in [0.5, 0.6) is 0 Å². The molecule has 0 aromatic carbocycles. The first-order valence-electron chi connectivity index (χ1n) is 3.49. The van der Waals surface area contributed by atoms with E-state index in [1.165, 1.54) is 7.11 Å². The van der Waals surface area contributed by atoms with Crippen LogP contribution in [0.25, 0.3) is 5.57 Å². The zero-order valence-corrected chi connectivity index (χ0v) is 7.09. The van der Waals surface area contributed by atoms with Gasteiger partial charge in [-0.1, -0.05) is 6.58 Å². The molecule has 12 heavy (non-hydrogen) atoms. The smallest absolute Gasteiger partial charge is 0.341 e. The van der Waals surface area contributed by atoms with E-state index < -0.39 is 5.97 Å². The first kappa shape index (κ1) is 8.59. The number of aryl methyl sites for hydroxylation is 1. The van der Waals surface area contributed by atoms with Crippen molar-refractivity contribution >= 4 is 11.5 Å². The zero-order valence-electron chi connectivity index (χ0n) is 7.09. The van der Waals surface area contributed by atoms with Crippen LogP contribution in [0, 0.1) is 6.92 Å². The number of esters is 1. The van der Waals surface area contributed by atoms with Gasteiger partial charge in [-0.05, 0) is 19.1 Å². The molecule has 0 aliphatic carbocycles. The molecule has 1 aromatic rings. The molecule has 0 saturated carbocycles. The fraction of sp³-hybridized carbons (Fsp3) is 0.222. The summed E-state index contributed by atoms with van der Waals surface area (Å²) in [5.74, 6) is 0.735. The number of rotatable bonds is 2. The number of carbonyl (C=O) groups is 1. The summed E-state index contributed by atoms with van der Waals surface area (Å²) in [7, 11) is 1.31. The van der Waals surface area contributed by atoms with Crippen LogP contribution in [0.2, 0.25) is 0 Å². The highest BCUT2D eigenvalue weighted by atomic mass is 16.5. The van der Waals surface area contributed by atoms with Gasteiger partial charge in [-0.3, -0.25) is 0 Å². The van der Waals surface area contributed by atoms with Crippen LogP contribution in [-0.4, -0.2) is 13.1 Å². The highest BCUT2D eigenvalue weighted by Crippen LogP contribution is 2.16. The van der Waals surface area contributed by atoms with Gasteiger partial charge in [0.1, 0.15) is 11.5 Å². The van der Waals surface area contributed by atoms with Crippen LogP contribution in [-0.2, 0) is 9.53 Å². The molecule has 0 saturated heterocycles. The van der Waals surface area contributed by atoms with E-state index in [2.05, 4.69) is 11.3 Å². The standard InChI is InChI=1S/C9H10O3/c1-6-4-5-8(12-6)7(2)9(10)11-3/h4-5H,2H2,1,3H3. The number of furan rings is 1. The molecule has 0 radical (unpaired) electrons. The third-order valence-electron chi connectivity index (χ3n) is 1.47. The van der Waals surface area contributed by atoms with Crippen molar-refractivity contribution in [1.82, 2.24) is 0 Å². The van der Waals surface area contributed by atoms with Crippen molar-refractivity contribution in [3.8, 4) is 0 Å². The molecule has 3 heteroatoms. The van der Waals surface area contributed by atoms with Gasteiger partial charge in [-0.25, -0.2) is 4.79 Å². The van der Waals surface area contributed by atoms with Crippen LogP contribution in [0.3, 0.4) is 0 Å². The lowest BCUT2D eigenvalue weighted by Gasteiger charge is -1.98. The summed E-state index contributed by atoms with van der Waals surface area (Å²) >= 11 is 0. The number of methoxy groups -OCH3 is 1. The molecule has 1 heterocycles. The lowest BCUT2D eigenvalue weighted by molar-refractivity contribution is -0.133. The van der Waals surface area contributed by atoms with Crippen molar-refractivity contribution in [2.75, 3.05) is 7.11 Å². The highest BCUT2D eigenvalue weighted by Gasteiger charge is 2.12. The Labute approximate surface area is 70.6 Å². The van der Waals surface area contributed by atoms with Crippen molar-refractivity contribution in [3.63, 3.8) is 0 Å². The molecule has 0 spiro atoms. The molecule has 0 unspecified atom stereocenters. The molecule has 0 aliphatic rings. The summed E-state index contributed by atoms with van der Waals surface area (Å²) in [5, 5.41) is 0. The van der Waals surface area contributed by atoms with E-state index in [0.29, 0.717) is 5.76 Å². The minimum atomic E-state index is -0.468. The molecular formula is C9H10O3. The number of ether oxygens (including phenoxy) is 1. The molecule has 0 N–H and O–H groups in total. The Bertz CT molecular complexity index is 309. The Kier molecular flexibility index (Phi) is 2.33. The largest absolute Gasteiger partial charge is 0.465 e. The van der Waals surface area contributed by atoms with E-state index in [0.717, 1.165) is 5.76 Å². The Morgan fingerprint density at radius 3 is 2.67 bits per heavy atom. The normalized spacial score (nSPS) is 9.50. The Balaban J connectivity index is 2.85. The topological polar surface area (TPSA) is 39.4 Å². The molecule has 1 aromatic heterocycles. The molecule has 3 nitrogen and oxygen atoms in total. The summed E-state index contributed by atoms with van der Waals surface area (Å²) in [6.45, 7) is 5.34. The van der Waals surface area contributed by atoms with Crippen molar-refractivity contribution in [3.05, 3.63) is 30.2 Å². The van der Waals surface area contributed by atoms with Gasteiger partial charge in [0.2, 0.25) is 0 Å². The molecule has 0 bridgehead atoms. The average Bonchev–Trinajstić information content (AvgIpc) is 2.49. The van der Waals surface area contributed by atoms with Gasteiger partial charge in [0.25, 0.3) is 0 Å². The molecule has 64 valence electrons. The van der Waals surface area contributed by atoms with Gasteiger partial charge >= 0.3 is 5.97 Å². The van der Waals surface area contributed by atoms with E-state index in [1.807, 2.05) is 0 Å². The van der Waals surface area contributed by atoms with Gasteiger partial charge in [0.15, 0.2) is 0 Å². The Morgan fingerprint density at radius 1 is 1.58 bits per heavy atom. The molecular weight excluding hydrogens is 156 g/mol. The Morgan fingerprint density at radius 2 is 2.25 bits per heavy atom. The third kappa shape index (κ3) is 1.56. The highest BCUT2D eigenvalue weighted by molar-refractivity contribution is 6.14. The lowest BCUT2D eigenvalue weighted by Crippen LogP contribution is -2.01. The maximum absolute atomic E-state index is 10.9. The lowest BCUT2D eigenvalue weighted by atomic mass is 10.2. The Hall–Kier alpha value is -1.51. The average molecular weight is 166 g/mol.